The second kappa shape index (κ2) is 6.88. The molecule has 2 aromatic heterocycles. The van der Waals surface area contributed by atoms with Gasteiger partial charge in [-0.05, 0) is 44.4 Å². The molecule has 124 valence electrons. The average Bonchev–Trinajstić information content (AvgIpc) is 3.21. The fraction of sp³-hybridized carbons (Fsp3) is 0.250. The molecule has 3 aromatic rings. The van der Waals surface area contributed by atoms with Crippen LogP contribution in [0.25, 0.3) is 11.5 Å². The minimum absolute atomic E-state index is 0.0612. The molecule has 0 fully saturated rings. The van der Waals surface area contributed by atoms with Gasteiger partial charge in [-0.1, -0.05) is 11.2 Å². The number of hydrogen-bond donors (Lipinski definition) is 1. The highest BCUT2D eigenvalue weighted by molar-refractivity contribution is 7.98. The van der Waals surface area contributed by atoms with Crippen LogP contribution in [0.2, 0.25) is 0 Å². The molecule has 1 aromatic carbocycles. The lowest BCUT2D eigenvalue weighted by Crippen LogP contribution is -2.17. The molecule has 0 radical (unpaired) electrons. The first-order chi connectivity index (χ1) is 11.6. The van der Waals surface area contributed by atoms with Crippen molar-refractivity contribution in [2.24, 2.45) is 0 Å². The summed E-state index contributed by atoms with van der Waals surface area (Å²) in [6.07, 6.45) is 2.00. The highest BCUT2D eigenvalue weighted by atomic mass is 32.2. The largest absolute Gasteiger partial charge is 0.403 e. The number of carbonyl (C=O) groups is 1. The molecule has 24 heavy (non-hydrogen) atoms. The molecule has 1 amide bonds. The maximum Gasteiger partial charge on any atom is 0.322 e. The van der Waals surface area contributed by atoms with E-state index in [0.717, 1.165) is 16.2 Å². The Morgan fingerprint density at radius 3 is 2.92 bits per heavy atom. The maximum atomic E-state index is 12.4. The molecular formula is C16H17N5O2S. The first-order valence-corrected chi connectivity index (χ1v) is 8.67. The van der Waals surface area contributed by atoms with Crippen LogP contribution in [0.4, 0.5) is 6.01 Å². The average molecular weight is 343 g/mol. The Morgan fingerprint density at radius 2 is 2.17 bits per heavy atom. The van der Waals surface area contributed by atoms with Crippen molar-refractivity contribution in [3.05, 3.63) is 41.7 Å². The first kappa shape index (κ1) is 16.3. The molecule has 1 N–H and O–H groups in total. The zero-order chi connectivity index (χ0) is 17.1. The van der Waals surface area contributed by atoms with E-state index in [2.05, 4.69) is 20.6 Å². The van der Waals surface area contributed by atoms with E-state index in [9.17, 15) is 4.79 Å². The van der Waals surface area contributed by atoms with E-state index >= 15 is 0 Å². The van der Waals surface area contributed by atoms with Gasteiger partial charge in [-0.3, -0.25) is 14.8 Å². The number of anilines is 1. The van der Waals surface area contributed by atoms with E-state index < -0.39 is 0 Å². The lowest BCUT2D eigenvalue weighted by atomic mass is 10.2. The highest BCUT2D eigenvalue weighted by Gasteiger charge is 2.17. The molecule has 8 heteroatoms. The van der Waals surface area contributed by atoms with Gasteiger partial charge in [0.15, 0.2) is 0 Å². The number of hydrogen-bond acceptors (Lipinski definition) is 6. The summed E-state index contributed by atoms with van der Waals surface area (Å²) in [5.41, 5.74) is 2.05. The Kier molecular flexibility index (Phi) is 4.66. The maximum absolute atomic E-state index is 12.4. The summed E-state index contributed by atoms with van der Waals surface area (Å²) in [7, 11) is 0. The van der Waals surface area contributed by atoms with Gasteiger partial charge in [0, 0.05) is 17.0 Å². The summed E-state index contributed by atoms with van der Waals surface area (Å²) in [6.45, 7) is 4.37. The third-order valence-electron chi connectivity index (χ3n) is 3.40. The van der Waals surface area contributed by atoms with Gasteiger partial charge < -0.3 is 4.42 Å². The van der Waals surface area contributed by atoms with Crippen LogP contribution in [0.3, 0.4) is 0 Å². The number of carbonyl (C=O) groups excluding carboxylic acids is 1. The molecule has 0 aliphatic heterocycles. The smallest absolute Gasteiger partial charge is 0.322 e. The molecule has 3 rings (SSSR count). The van der Waals surface area contributed by atoms with Crippen LogP contribution < -0.4 is 5.32 Å². The zero-order valence-electron chi connectivity index (χ0n) is 13.6. The zero-order valence-corrected chi connectivity index (χ0v) is 14.4. The molecule has 7 nitrogen and oxygen atoms in total. The lowest BCUT2D eigenvalue weighted by Gasteiger charge is -2.03. The molecule has 0 aliphatic rings. The van der Waals surface area contributed by atoms with Crippen molar-refractivity contribution in [3.8, 4) is 11.5 Å². The van der Waals surface area contributed by atoms with Gasteiger partial charge in [-0.15, -0.1) is 16.9 Å². The third-order valence-corrected chi connectivity index (χ3v) is 4.12. The molecule has 0 saturated heterocycles. The Balaban J connectivity index is 1.79. The van der Waals surface area contributed by atoms with Crippen LogP contribution in [-0.4, -0.2) is 32.1 Å². The standard InChI is InChI=1S/C16H17N5O2S/c1-4-21-13(8-10(2)20-21)14(22)17-16-19-18-15(23-16)11-6-5-7-12(9-11)24-3/h5-9H,4H2,1-3H3,(H,17,19,22). The van der Waals surface area contributed by atoms with Crippen molar-refractivity contribution in [2.75, 3.05) is 11.6 Å². The van der Waals surface area contributed by atoms with Crippen LogP contribution in [-0.2, 0) is 6.54 Å². The second-order valence-corrected chi connectivity index (χ2v) is 5.96. The lowest BCUT2D eigenvalue weighted by molar-refractivity contribution is 0.101. The van der Waals surface area contributed by atoms with Gasteiger partial charge in [0.2, 0.25) is 5.89 Å². The Bertz CT molecular complexity index is 871. The summed E-state index contributed by atoms with van der Waals surface area (Å²) in [5, 5.41) is 14.8. The van der Waals surface area contributed by atoms with Crippen molar-refractivity contribution < 1.29 is 9.21 Å². The minimum Gasteiger partial charge on any atom is -0.403 e. The van der Waals surface area contributed by atoms with Gasteiger partial charge in [0.1, 0.15) is 5.69 Å². The number of nitrogens with one attached hydrogen (secondary N) is 1. The number of aromatic nitrogens is 4. The fourth-order valence-corrected chi connectivity index (χ4v) is 2.74. The Labute approximate surface area is 143 Å². The van der Waals surface area contributed by atoms with E-state index in [-0.39, 0.29) is 11.9 Å². The summed E-state index contributed by atoms with van der Waals surface area (Å²) in [4.78, 5) is 13.4. The van der Waals surface area contributed by atoms with Gasteiger partial charge in [-0.2, -0.15) is 5.10 Å². The SMILES string of the molecule is CCn1nc(C)cc1C(=O)Nc1nnc(-c2cccc(SC)c2)o1. The van der Waals surface area contributed by atoms with Crippen molar-refractivity contribution in [1.29, 1.82) is 0 Å². The number of rotatable bonds is 5. The molecule has 0 bridgehead atoms. The van der Waals surface area contributed by atoms with E-state index in [1.807, 2.05) is 44.4 Å². The topological polar surface area (TPSA) is 85.8 Å². The first-order valence-electron chi connectivity index (χ1n) is 7.44. The molecule has 0 spiro atoms. The van der Waals surface area contributed by atoms with E-state index in [0.29, 0.717) is 18.1 Å². The number of amides is 1. The molecule has 0 atom stereocenters. The van der Waals surface area contributed by atoms with Crippen LogP contribution in [0.15, 0.2) is 39.6 Å². The summed E-state index contributed by atoms with van der Waals surface area (Å²) < 4.78 is 7.18. The number of thioether (sulfide) groups is 1. The van der Waals surface area contributed by atoms with Gasteiger partial charge in [0.25, 0.3) is 5.91 Å². The van der Waals surface area contributed by atoms with Crippen molar-refractivity contribution in [1.82, 2.24) is 20.0 Å². The second-order valence-electron chi connectivity index (χ2n) is 5.09. The number of benzene rings is 1. The highest BCUT2D eigenvalue weighted by Crippen LogP contribution is 2.24. The van der Waals surface area contributed by atoms with Gasteiger partial charge in [0.05, 0.1) is 5.69 Å². The molecule has 0 unspecified atom stereocenters. The summed E-state index contributed by atoms with van der Waals surface area (Å²) >= 11 is 1.63. The predicted molar refractivity (Wildman–Crippen MR) is 92.1 cm³/mol. The van der Waals surface area contributed by atoms with E-state index in [1.165, 1.54) is 0 Å². The van der Waals surface area contributed by atoms with Gasteiger partial charge in [-0.25, -0.2) is 0 Å². The van der Waals surface area contributed by atoms with Crippen molar-refractivity contribution in [2.45, 2.75) is 25.3 Å². The molecule has 0 aliphatic carbocycles. The summed E-state index contributed by atoms with van der Waals surface area (Å²) in [6, 6.07) is 9.55. The van der Waals surface area contributed by atoms with Crippen LogP contribution >= 0.6 is 11.8 Å². The van der Waals surface area contributed by atoms with E-state index in [1.54, 1.807) is 22.5 Å². The van der Waals surface area contributed by atoms with Gasteiger partial charge >= 0.3 is 6.01 Å². The number of aryl methyl sites for hydroxylation is 2. The normalized spacial score (nSPS) is 10.8. The van der Waals surface area contributed by atoms with Crippen LogP contribution in [0.5, 0.6) is 0 Å². The van der Waals surface area contributed by atoms with Crippen molar-refractivity contribution in [3.63, 3.8) is 0 Å². The quantitative estimate of drug-likeness (QED) is 0.716. The van der Waals surface area contributed by atoms with Crippen LogP contribution in [0.1, 0.15) is 23.1 Å². The fourth-order valence-electron chi connectivity index (χ4n) is 2.28. The van der Waals surface area contributed by atoms with Crippen molar-refractivity contribution >= 4 is 23.7 Å². The van der Waals surface area contributed by atoms with E-state index in [4.69, 9.17) is 4.42 Å². The Morgan fingerprint density at radius 1 is 1.33 bits per heavy atom. The third kappa shape index (κ3) is 3.33. The predicted octanol–water partition coefficient (Wildman–Crippen LogP) is 3.24. The Hall–Kier alpha value is -2.61. The number of nitrogens with zero attached hydrogens (tertiary/aromatic N) is 4. The summed E-state index contributed by atoms with van der Waals surface area (Å²) in [5.74, 6) is 0.0342. The molecule has 0 saturated carbocycles. The minimum atomic E-state index is -0.328. The molecule has 2 heterocycles. The van der Waals surface area contributed by atoms with Crippen LogP contribution in [0, 0.1) is 6.92 Å². The monoisotopic (exact) mass is 343 g/mol. The molecular weight excluding hydrogens is 326 g/mol.